The third kappa shape index (κ3) is 12.5. The molecule has 2 aromatic rings. The molecule has 6 saturated heterocycles. The van der Waals surface area contributed by atoms with Crippen molar-refractivity contribution in [3.63, 3.8) is 0 Å². The number of aliphatic hydroxyl groups is 4. The highest BCUT2D eigenvalue weighted by Gasteiger charge is 2.55. The van der Waals surface area contributed by atoms with E-state index in [0.717, 1.165) is 6.42 Å². The van der Waals surface area contributed by atoms with Crippen LogP contribution in [-0.2, 0) is 56.8 Å². The number of fused-ring (bicyclic) bond motifs is 3. The molecule has 83 heavy (non-hydrogen) atoms. The maximum Gasteiger partial charge on any atom is 0.202 e. The highest BCUT2D eigenvalue weighted by atomic mass is 16.8. The summed E-state index contributed by atoms with van der Waals surface area (Å²) >= 11 is 0. The van der Waals surface area contributed by atoms with Crippen LogP contribution in [0.5, 0.6) is 17.2 Å². The summed E-state index contributed by atoms with van der Waals surface area (Å²) in [5.41, 5.74) is -3.72. The molecule has 0 bridgehead atoms. The lowest BCUT2D eigenvalue weighted by Gasteiger charge is -2.50. The van der Waals surface area contributed by atoms with Gasteiger partial charge >= 0.3 is 0 Å². The molecule has 2 aliphatic carbocycles. The van der Waals surface area contributed by atoms with Gasteiger partial charge in [0.15, 0.2) is 43.5 Å². The number of nitrogens with zero attached hydrogens (tertiary/aromatic N) is 2. The first-order chi connectivity index (χ1) is 39.4. The third-order valence-corrected chi connectivity index (χ3v) is 18.6. The minimum atomic E-state index is -1.87. The van der Waals surface area contributed by atoms with Crippen molar-refractivity contribution in [1.29, 1.82) is 0 Å². The summed E-state index contributed by atoms with van der Waals surface area (Å²) < 4.78 is 77.5. The van der Waals surface area contributed by atoms with E-state index in [1.54, 1.807) is 20.8 Å². The van der Waals surface area contributed by atoms with Crippen LogP contribution in [0.1, 0.15) is 174 Å². The Morgan fingerprint density at radius 3 is 1.55 bits per heavy atom. The molecule has 2 aromatic carbocycles. The predicted molar refractivity (Wildman–Crippen MR) is 292 cm³/mol. The fourth-order valence-electron chi connectivity index (χ4n) is 13.7. The molecule has 10 rings (SSSR count). The second kappa shape index (κ2) is 25.3. The number of aromatic hydroxyl groups is 3. The van der Waals surface area contributed by atoms with Crippen LogP contribution in [0.15, 0.2) is 18.2 Å². The molecule has 0 saturated carbocycles. The Kier molecular flexibility index (Phi) is 19.0. The standard InChI is InChI=1S/C60H88N2O21/c1-12-60(71)25-40(80-44-22-33(61(8)9)58(31(7)76-44)82-46-24-37(65)52(66)29(5)75-46)48-51(56(70)49-50(55(48)69)54(68)47-32(53(49)67)14-13-15-36(47)64)59(60)83-45-23-34(62(10)11)57(30(6)77-45)81-43-21-18-39(28(4)74-43)79-42-20-17-38(27(3)73-42)78-41-19-16-35(63)26(2)72-41/h13-15,26-31,33-35,37-46,52,57-59,63-66,69-71H,12,16-25H2,1-11H3/t26-,27-,28-,29-,30-,31-,33-,34-,35-,37-,38-,39-,40-,41-,42-,43-,44-,45-,46-,52+,57+,58+,59+,60+/m0/s1. The van der Waals surface area contributed by atoms with E-state index in [2.05, 4.69) is 0 Å². The Morgan fingerprint density at radius 2 is 1.01 bits per heavy atom. The lowest BCUT2D eigenvalue weighted by Crippen LogP contribution is -2.58. The molecule has 24 atom stereocenters. The number of likely N-dealkylation sites (N-methyl/N-ethyl adjacent to an activating group) is 2. The molecule has 0 unspecified atom stereocenters. The summed E-state index contributed by atoms with van der Waals surface area (Å²) in [5.74, 6) is -3.62. The number of benzene rings is 2. The minimum Gasteiger partial charge on any atom is -0.507 e. The van der Waals surface area contributed by atoms with Gasteiger partial charge in [0.25, 0.3) is 0 Å². The minimum absolute atomic E-state index is 0.0197. The van der Waals surface area contributed by atoms with Crippen molar-refractivity contribution < 1.29 is 102 Å². The summed E-state index contributed by atoms with van der Waals surface area (Å²) in [6.45, 7) is 12.8. The van der Waals surface area contributed by atoms with Crippen LogP contribution in [0.25, 0.3) is 0 Å². The molecular weight excluding hydrogens is 1080 g/mol. The number of hydrogen-bond acceptors (Lipinski definition) is 23. The lowest BCUT2D eigenvalue weighted by molar-refractivity contribution is -0.326. The highest BCUT2D eigenvalue weighted by Crippen LogP contribution is 2.58. The first kappa shape index (κ1) is 62.5. The third-order valence-electron chi connectivity index (χ3n) is 18.6. The van der Waals surface area contributed by atoms with Gasteiger partial charge in [0, 0.05) is 73.7 Å². The zero-order chi connectivity index (χ0) is 59.7. The van der Waals surface area contributed by atoms with E-state index in [4.69, 9.17) is 56.8 Å². The molecule has 0 spiro atoms. The monoisotopic (exact) mass is 1170 g/mol. The largest absolute Gasteiger partial charge is 0.507 e. The number of hydrogen-bond donors (Lipinski definition) is 7. The van der Waals surface area contributed by atoms with Crippen molar-refractivity contribution in [3.8, 4) is 17.2 Å². The Bertz CT molecular complexity index is 2610. The van der Waals surface area contributed by atoms with Gasteiger partial charge in [-0.05, 0) is 101 Å². The summed E-state index contributed by atoms with van der Waals surface area (Å²) in [6.07, 6.45) is -10.2. The number of ketones is 2. The van der Waals surface area contributed by atoms with Crippen molar-refractivity contribution in [2.24, 2.45) is 0 Å². The zero-order valence-corrected chi connectivity index (χ0v) is 49.5. The molecule has 6 aliphatic heterocycles. The normalized spacial score (nSPS) is 42.3. The summed E-state index contributed by atoms with van der Waals surface area (Å²) in [6, 6.07) is 3.29. The number of phenolic OH excluding ortho intramolecular Hbond substituents is 3. The van der Waals surface area contributed by atoms with Gasteiger partial charge in [0.1, 0.15) is 41.7 Å². The van der Waals surface area contributed by atoms with E-state index in [0.29, 0.717) is 32.1 Å². The summed E-state index contributed by atoms with van der Waals surface area (Å²) in [4.78, 5) is 32.9. The molecule has 23 heteroatoms. The Balaban J connectivity index is 0.860. The topological polar surface area (TPSA) is 293 Å². The average Bonchev–Trinajstić information content (AvgIpc) is 1.04. The van der Waals surface area contributed by atoms with Crippen LogP contribution < -0.4 is 0 Å². The molecule has 6 fully saturated rings. The Labute approximate surface area is 485 Å². The van der Waals surface area contributed by atoms with Crippen molar-refractivity contribution in [1.82, 2.24) is 9.80 Å². The first-order valence-corrected chi connectivity index (χ1v) is 29.8. The summed E-state index contributed by atoms with van der Waals surface area (Å²) in [5, 5.41) is 80.2. The van der Waals surface area contributed by atoms with Gasteiger partial charge in [-0.1, -0.05) is 19.1 Å². The van der Waals surface area contributed by atoms with E-state index in [1.165, 1.54) is 18.2 Å². The predicted octanol–water partition coefficient (Wildman–Crippen LogP) is 4.70. The van der Waals surface area contributed by atoms with Crippen LogP contribution in [0, 0.1) is 0 Å². The molecule has 7 N–H and O–H groups in total. The van der Waals surface area contributed by atoms with Gasteiger partial charge in [-0.2, -0.15) is 0 Å². The fraction of sp³-hybridized carbons (Fsp3) is 0.767. The van der Waals surface area contributed by atoms with Crippen molar-refractivity contribution in [3.05, 3.63) is 51.6 Å². The number of ether oxygens (including phenoxy) is 12. The van der Waals surface area contributed by atoms with E-state index in [1.807, 2.05) is 65.7 Å². The average molecular weight is 1170 g/mol. The SMILES string of the molecule is CC[C@@]1(O)C[C@H](O[C@H]2C[C@H](N(C)C)[C@H](O[C@H]3C[C@H](O)[C@H](O)[C@H](C)O3)[C@H](C)O2)c2c(O)c3c(c(O)c2[C@H]1O[C@H]1C[C@H](N(C)C)[C@H](O[C@H]2CC[C@H](O[C@H]4CC[C@H](O[C@H]5CC[C@H](O)[C@H](C)O5)[C@H](C)O4)[C@H](C)O2)[C@H](C)O1)C(=O)c1cccc(O)c1C3=O. The molecule has 0 aromatic heterocycles. The van der Waals surface area contributed by atoms with E-state index >= 15 is 0 Å². The van der Waals surface area contributed by atoms with E-state index in [9.17, 15) is 45.3 Å². The number of phenols is 3. The van der Waals surface area contributed by atoms with Gasteiger partial charge in [-0.15, -0.1) is 0 Å². The van der Waals surface area contributed by atoms with Crippen molar-refractivity contribution >= 4 is 11.6 Å². The van der Waals surface area contributed by atoms with Crippen molar-refractivity contribution in [2.75, 3.05) is 28.2 Å². The molecule has 0 amide bonds. The molecule has 23 nitrogen and oxygen atoms in total. The second-order valence-corrected chi connectivity index (χ2v) is 24.7. The Morgan fingerprint density at radius 1 is 0.530 bits per heavy atom. The van der Waals surface area contributed by atoms with Crippen LogP contribution in [-0.4, -0.2) is 220 Å². The van der Waals surface area contributed by atoms with Crippen LogP contribution in [0.2, 0.25) is 0 Å². The quantitative estimate of drug-likeness (QED) is 0.101. The molecule has 6 heterocycles. The zero-order valence-electron chi connectivity index (χ0n) is 49.5. The van der Waals surface area contributed by atoms with Crippen LogP contribution in [0.3, 0.4) is 0 Å². The fourth-order valence-corrected chi connectivity index (χ4v) is 13.7. The van der Waals surface area contributed by atoms with E-state index < -0.39 is 138 Å². The lowest BCUT2D eigenvalue weighted by atomic mass is 9.70. The first-order valence-electron chi connectivity index (χ1n) is 29.8. The van der Waals surface area contributed by atoms with Gasteiger partial charge < -0.3 is 102 Å². The molecule has 0 radical (unpaired) electrons. The number of carbonyl (C=O) groups is 2. The summed E-state index contributed by atoms with van der Waals surface area (Å²) in [7, 11) is 7.55. The maximum atomic E-state index is 14.5. The van der Waals surface area contributed by atoms with Crippen molar-refractivity contribution in [2.45, 2.75) is 266 Å². The Hall–Kier alpha value is -3.54. The smallest absolute Gasteiger partial charge is 0.202 e. The highest BCUT2D eigenvalue weighted by molar-refractivity contribution is 6.31. The number of rotatable bonds is 15. The van der Waals surface area contributed by atoms with E-state index in [-0.39, 0.29) is 103 Å². The van der Waals surface area contributed by atoms with Gasteiger partial charge in [-0.25, -0.2) is 0 Å². The molecular formula is C60H88N2O21. The van der Waals surface area contributed by atoms with Crippen LogP contribution in [0.4, 0.5) is 0 Å². The van der Waals surface area contributed by atoms with Crippen LogP contribution >= 0.6 is 0 Å². The maximum absolute atomic E-state index is 14.5. The van der Waals surface area contributed by atoms with Gasteiger partial charge in [0.05, 0.1) is 89.4 Å². The molecule has 464 valence electrons. The number of carbonyl (C=O) groups excluding carboxylic acids is 2. The molecule has 8 aliphatic rings. The van der Waals surface area contributed by atoms with Gasteiger partial charge in [-0.3, -0.25) is 9.59 Å². The number of aliphatic hydroxyl groups excluding tert-OH is 3. The van der Waals surface area contributed by atoms with Gasteiger partial charge in [0.2, 0.25) is 5.78 Å². The second-order valence-electron chi connectivity index (χ2n) is 24.7.